The highest BCUT2D eigenvalue weighted by molar-refractivity contribution is 5.99. The number of hydroxylamine groups is 2. The van der Waals surface area contributed by atoms with Gasteiger partial charge in [0.15, 0.2) is 0 Å². The van der Waals surface area contributed by atoms with Crippen LogP contribution in [-0.4, -0.2) is 55.3 Å². The fourth-order valence-electron chi connectivity index (χ4n) is 3.99. The highest BCUT2D eigenvalue weighted by Gasteiger charge is 2.49. The van der Waals surface area contributed by atoms with Crippen molar-refractivity contribution in [1.29, 1.82) is 0 Å². The Balaban J connectivity index is 1.43. The van der Waals surface area contributed by atoms with Crippen LogP contribution in [-0.2, 0) is 25.7 Å². The van der Waals surface area contributed by atoms with E-state index in [2.05, 4.69) is 10.3 Å². The summed E-state index contributed by atoms with van der Waals surface area (Å²) in [6, 6.07) is 9.61. The van der Waals surface area contributed by atoms with Gasteiger partial charge in [-0.1, -0.05) is 6.07 Å². The number of hydrogen-bond acceptors (Lipinski definition) is 7. The molecule has 2 fully saturated rings. The SMILES string of the molecule is CON(C)C(=O)[C@@H]1CC1C(=O)Nc1cc(-c2ccc(OC3CCOCC3)c(CN)c2)ccn1. The quantitative estimate of drug-likeness (QED) is 0.588. The predicted molar refractivity (Wildman–Crippen MR) is 122 cm³/mol. The van der Waals surface area contributed by atoms with Gasteiger partial charge in [0.25, 0.3) is 0 Å². The zero-order chi connectivity index (χ0) is 23.4. The second-order valence-electron chi connectivity index (χ2n) is 8.34. The van der Waals surface area contributed by atoms with Gasteiger partial charge >= 0.3 is 0 Å². The molecular formula is C24H30N4O5. The Morgan fingerprint density at radius 1 is 1.18 bits per heavy atom. The number of nitrogens with two attached hydrogens (primary N) is 1. The lowest BCUT2D eigenvalue weighted by molar-refractivity contribution is -0.170. The molecule has 2 heterocycles. The van der Waals surface area contributed by atoms with Crippen LogP contribution in [0.25, 0.3) is 11.1 Å². The van der Waals surface area contributed by atoms with Gasteiger partial charge in [0.1, 0.15) is 17.7 Å². The highest BCUT2D eigenvalue weighted by atomic mass is 16.7. The summed E-state index contributed by atoms with van der Waals surface area (Å²) < 4.78 is 11.6. The normalized spacial score (nSPS) is 20.2. The summed E-state index contributed by atoms with van der Waals surface area (Å²) in [4.78, 5) is 33.9. The number of amides is 2. The molecule has 9 heteroatoms. The Bertz CT molecular complexity index is 1010. The predicted octanol–water partition coefficient (Wildman–Crippen LogP) is 2.36. The van der Waals surface area contributed by atoms with Gasteiger partial charge in [-0.25, -0.2) is 10.0 Å². The summed E-state index contributed by atoms with van der Waals surface area (Å²) in [5.41, 5.74) is 8.76. The van der Waals surface area contributed by atoms with Crippen LogP contribution in [0.5, 0.6) is 5.75 Å². The third-order valence-electron chi connectivity index (χ3n) is 6.12. The molecule has 1 saturated carbocycles. The number of ether oxygens (including phenoxy) is 2. The van der Waals surface area contributed by atoms with E-state index in [1.807, 2.05) is 30.3 Å². The number of hydrogen-bond donors (Lipinski definition) is 2. The molecule has 0 bridgehead atoms. The highest BCUT2D eigenvalue weighted by Crippen LogP contribution is 2.40. The molecule has 0 spiro atoms. The lowest BCUT2D eigenvalue weighted by Gasteiger charge is -2.24. The summed E-state index contributed by atoms with van der Waals surface area (Å²) in [6.07, 6.45) is 4.03. The molecule has 1 aromatic heterocycles. The average molecular weight is 455 g/mol. The molecule has 2 amide bonds. The molecule has 1 unspecified atom stereocenters. The van der Waals surface area contributed by atoms with Crippen molar-refractivity contribution in [2.75, 3.05) is 32.7 Å². The van der Waals surface area contributed by atoms with Gasteiger partial charge in [-0.15, -0.1) is 0 Å². The van der Waals surface area contributed by atoms with E-state index in [4.69, 9.17) is 20.0 Å². The second-order valence-corrected chi connectivity index (χ2v) is 8.34. The van der Waals surface area contributed by atoms with Gasteiger partial charge in [0.05, 0.1) is 32.2 Å². The third kappa shape index (κ3) is 5.50. The largest absolute Gasteiger partial charge is 0.490 e. The molecule has 2 atom stereocenters. The van der Waals surface area contributed by atoms with E-state index < -0.39 is 0 Å². The van der Waals surface area contributed by atoms with Crippen molar-refractivity contribution in [3.05, 3.63) is 42.1 Å². The van der Waals surface area contributed by atoms with E-state index in [0.29, 0.717) is 32.0 Å². The summed E-state index contributed by atoms with van der Waals surface area (Å²) in [5.74, 6) is 0.0929. The maximum Gasteiger partial charge on any atom is 0.249 e. The van der Waals surface area contributed by atoms with E-state index >= 15 is 0 Å². The molecule has 2 aromatic rings. The Morgan fingerprint density at radius 2 is 1.94 bits per heavy atom. The molecule has 33 heavy (non-hydrogen) atoms. The van der Waals surface area contributed by atoms with Gasteiger partial charge in [-0.3, -0.25) is 14.4 Å². The van der Waals surface area contributed by atoms with E-state index in [-0.39, 0.29) is 29.8 Å². The maximum absolute atomic E-state index is 12.6. The summed E-state index contributed by atoms with van der Waals surface area (Å²) in [6.45, 7) is 1.78. The molecule has 1 aliphatic carbocycles. The van der Waals surface area contributed by atoms with Gasteiger partial charge < -0.3 is 20.5 Å². The van der Waals surface area contributed by atoms with Crippen molar-refractivity contribution >= 4 is 17.6 Å². The van der Waals surface area contributed by atoms with Crippen LogP contribution in [0.1, 0.15) is 24.8 Å². The summed E-state index contributed by atoms with van der Waals surface area (Å²) in [5, 5.41) is 3.98. The standard InChI is InChI=1S/C24H30N4O5/c1-28(31-2)24(30)20-13-19(20)23(29)27-22-12-16(5-8-26-22)15-3-4-21(17(11-15)14-25)33-18-6-9-32-10-7-18/h3-5,8,11-12,18-20H,6-7,9-10,13-14,25H2,1-2H3,(H,26,27,29)/t19?,20-/m1/s1. The molecule has 1 aromatic carbocycles. The number of rotatable bonds is 8. The van der Waals surface area contributed by atoms with Gasteiger partial charge in [0.2, 0.25) is 11.8 Å². The number of nitrogens with zero attached hydrogens (tertiary/aromatic N) is 2. The van der Waals surface area contributed by atoms with Crippen LogP contribution in [0.3, 0.4) is 0 Å². The number of anilines is 1. The first kappa shape index (κ1) is 23.2. The fraction of sp³-hybridized carbons (Fsp3) is 0.458. The first-order chi connectivity index (χ1) is 16.0. The molecule has 4 rings (SSSR count). The monoisotopic (exact) mass is 454 g/mol. The van der Waals surface area contributed by atoms with Gasteiger partial charge in [0, 0.05) is 38.2 Å². The van der Waals surface area contributed by atoms with Crippen molar-refractivity contribution in [3.63, 3.8) is 0 Å². The molecule has 1 aliphatic heterocycles. The Kier molecular flexibility index (Phi) is 7.22. The minimum absolute atomic E-state index is 0.138. The molecule has 1 saturated heterocycles. The molecule has 2 aliphatic rings. The van der Waals surface area contributed by atoms with Gasteiger partial charge in [-0.05, 0) is 41.8 Å². The van der Waals surface area contributed by atoms with Crippen molar-refractivity contribution in [2.24, 2.45) is 17.6 Å². The van der Waals surface area contributed by atoms with Crippen LogP contribution in [0, 0.1) is 11.8 Å². The topological polar surface area (TPSA) is 116 Å². The lowest BCUT2D eigenvalue weighted by Crippen LogP contribution is -2.29. The zero-order valence-corrected chi connectivity index (χ0v) is 19.0. The van der Waals surface area contributed by atoms with E-state index in [1.54, 1.807) is 6.20 Å². The molecule has 176 valence electrons. The summed E-state index contributed by atoms with van der Waals surface area (Å²) >= 11 is 0. The number of benzene rings is 1. The minimum Gasteiger partial charge on any atom is -0.490 e. The first-order valence-corrected chi connectivity index (χ1v) is 11.2. The number of aromatic nitrogens is 1. The van der Waals surface area contributed by atoms with Gasteiger partial charge in [-0.2, -0.15) is 0 Å². The molecular weight excluding hydrogens is 424 g/mol. The lowest BCUT2D eigenvalue weighted by atomic mass is 10.0. The van der Waals surface area contributed by atoms with E-state index in [1.165, 1.54) is 14.2 Å². The van der Waals surface area contributed by atoms with Crippen LogP contribution in [0.2, 0.25) is 0 Å². The van der Waals surface area contributed by atoms with Crippen molar-refractivity contribution in [1.82, 2.24) is 10.0 Å². The van der Waals surface area contributed by atoms with E-state index in [0.717, 1.165) is 40.3 Å². The molecule has 0 radical (unpaired) electrons. The Labute approximate surface area is 193 Å². The van der Waals surface area contributed by atoms with E-state index in [9.17, 15) is 9.59 Å². The smallest absolute Gasteiger partial charge is 0.249 e. The van der Waals surface area contributed by atoms with Crippen LogP contribution < -0.4 is 15.8 Å². The fourth-order valence-corrected chi connectivity index (χ4v) is 3.99. The number of carbonyl (C=O) groups is 2. The van der Waals surface area contributed by atoms with Crippen LogP contribution >= 0.6 is 0 Å². The minimum atomic E-state index is -0.369. The molecule has 9 nitrogen and oxygen atoms in total. The summed E-state index contributed by atoms with van der Waals surface area (Å²) in [7, 11) is 2.96. The van der Waals surface area contributed by atoms with Crippen LogP contribution in [0.4, 0.5) is 5.82 Å². The second kappa shape index (κ2) is 10.3. The number of nitrogens with one attached hydrogen (secondary N) is 1. The van der Waals surface area contributed by atoms with Crippen molar-refractivity contribution < 1.29 is 23.9 Å². The van der Waals surface area contributed by atoms with Crippen LogP contribution in [0.15, 0.2) is 36.5 Å². The van der Waals surface area contributed by atoms with Crippen molar-refractivity contribution in [2.45, 2.75) is 31.9 Å². The zero-order valence-electron chi connectivity index (χ0n) is 19.0. The Hall–Kier alpha value is -3.01. The third-order valence-corrected chi connectivity index (χ3v) is 6.12. The number of carbonyl (C=O) groups excluding carboxylic acids is 2. The van der Waals surface area contributed by atoms with Crippen molar-refractivity contribution in [3.8, 4) is 16.9 Å². The molecule has 3 N–H and O–H groups in total. The maximum atomic E-state index is 12.6. The Morgan fingerprint density at radius 3 is 2.67 bits per heavy atom. The number of pyridine rings is 1. The first-order valence-electron chi connectivity index (χ1n) is 11.2. The average Bonchev–Trinajstić information content (AvgIpc) is 3.65.